The molecule has 0 saturated carbocycles. The topological polar surface area (TPSA) is 107 Å². The van der Waals surface area contributed by atoms with Crippen molar-refractivity contribution in [3.05, 3.63) is 87.2 Å². The Morgan fingerprint density at radius 3 is 2.45 bits per heavy atom. The summed E-state index contributed by atoms with van der Waals surface area (Å²) in [6.45, 7) is 3.37. The number of carbonyl (C=O) groups excluding carboxylic acids is 1. The number of benzene rings is 2. The van der Waals surface area contributed by atoms with Gasteiger partial charge in [0.2, 0.25) is 5.88 Å². The molecule has 8 heteroatoms. The van der Waals surface area contributed by atoms with Gasteiger partial charge in [0.15, 0.2) is 0 Å². The van der Waals surface area contributed by atoms with Crippen molar-refractivity contribution in [1.82, 2.24) is 15.0 Å². The van der Waals surface area contributed by atoms with E-state index in [1.807, 2.05) is 36.4 Å². The standard InChI is InChI=1S/C23H26FN3O4/c1-14(2)20(21(28)26-31)27-22(29)19(25-23(27)30)11-10-17-9-8-16(13-18(17)24)12-15-6-4-3-5-7-15/h3-9,13-14,20,29,31H,10-12H2,1-2H3,(H,25,30)(H,26,28). The number of rotatable bonds is 8. The molecule has 4 N–H and O–H groups in total. The van der Waals surface area contributed by atoms with E-state index in [0.29, 0.717) is 12.0 Å². The number of hydroxylamine groups is 1. The van der Waals surface area contributed by atoms with Crippen molar-refractivity contribution in [1.29, 1.82) is 0 Å². The number of hydrogen-bond acceptors (Lipinski definition) is 4. The molecule has 0 fully saturated rings. The summed E-state index contributed by atoms with van der Waals surface area (Å²) in [7, 11) is 0. The van der Waals surface area contributed by atoms with Gasteiger partial charge in [0, 0.05) is 0 Å². The molecule has 3 aromatic rings. The number of amides is 1. The fraction of sp³-hybridized carbons (Fsp3) is 0.304. The van der Waals surface area contributed by atoms with Crippen LogP contribution >= 0.6 is 0 Å². The van der Waals surface area contributed by atoms with E-state index in [4.69, 9.17) is 5.21 Å². The Morgan fingerprint density at radius 2 is 1.84 bits per heavy atom. The van der Waals surface area contributed by atoms with Gasteiger partial charge < -0.3 is 10.1 Å². The molecular weight excluding hydrogens is 401 g/mol. The number of aromatic amines is 1. The maximum atomic E-state index is 14.6. The Hall–Kier alpha value is -3.39. The number of halogens is 1. The molecule has 31 heavy (non-hydrogen) atoms. The third-order valence-electron chi connectivity index (χ3n) is 5.28. The van der Waals surface area contributed by atoms with Crippen molar-refractivity contribution in [2.45, 2.75) is 39.2 Å². The van der Waals surface area contributed by atoms with Gasteiger partial charge in [-0.3, -0.25) is 14.6 Å². The van der Waals surface area contributed by atoms with Crippen molar-refractivity contribution in [3.8, 4) is 5.88 Å². The number of H-pyrrole nitrogens is 1. The average molecular weight is 427 g/mol. The van der Waals surface area contributed by atoms with Crippen molar-refractivity contribution in [3.63, 3.8) is 0 Å². The number of aromatic hydroxyl groups is 1. The molecule has 0 aliphatic carbocycles. The highest BCUT2D eigenvalue weighted by Crippen LogP contribution is 2.25. The molecule has 7 nitrogen and oxygen atoms in total. The number of hydrogen-bond donors (Lipinski definition) is 4. The van der Waals surface area contributed by atoms with E-state index in [1.165, 1.54) is 11.5 Å². The quantitative estimate of drug-likeness (QED) is 0.327. The number of carbonyl (C=O) groups is 1. The van der Waals surface area contributed by atoms with Crippen molar-refractivity contribution in [2.75, 3.05) is 0 Å². The zero-order chi connectivity index (χ0) is 22.5. The lowest BCUT2D eigenvalue weighted by Gasteiger charge is -2.19. The van der Waals surface area contributed by atoms with Gasteiger partial charge in [-0.1, -0.05) is 56.3 Å². The van der Waals surface area contributed by atoms with Gasteiger partial charge in [0.1, 0.15) is 11.9 Å². The van der Waals surface area contributed by atoms with Crippen LogP contribution in [0.25, 0.3) is 0 Å². The van der Waals surface area contributed by atoms with Gasteiger partial charge in [0.05, 0.1) is 5.69 Å². The Bertz CT molecular complexity index is 1110. The monoisotopic (exact) mass is 427 g/mol. The van der Waals surface area contributed by atoms with Crippen LogP contribution in [0.2, 0.25) is 0 Å². The summed E-state index contributed by atoms with van der Waals surface area (Å²) in [5.41, 5.74) is 3.45. The maximum Gasteiger partial charge on any atom is 0.329 e. The fourth-order valence-electron chi connectivity index (χ4n) is 3.70. The second-order valence-corrected chi connectivity index (χ2v) is 7.86. The zero-order valence-corrected chi connectivity index (χ0v) is 17.4. The smallest absolute Gasteiger partial charge is 0.329 e. The number of nitrogens with one attached hydrogen (secondary N) is 2. The minimum atomic E-state index is -1.09. The van der Waals surface area contributed by atoms with Gasteiger partial charge in [-0.2, -0.15) is 0 Å². The molecule has 1 atom stereocenters. The van der Waals surface area contributed by atoms with E-state index in [1.54, 1.807) is 19.9 Å². The third kappa shape index (κ3) is 5.03. The van der Waals surface area contributed by atoms with Crippen molar-refractivity contribution in [2.24, 2.45) is 5.92 Å². The maximum absolute atomic E-state index is 14.6. The molecule has 0 saturated heterocycles. The number of nitrogens with zero attached hydrogens (tertiary/aromatic N) is 1. The van der Waals surface area contributed by atoms with Gasteiger partial charge >= 0.3 is 5.69 Å². The van der Waals surface area contributed by atoms with Gasteiger partial charge in [-0.25, -0.2) is 14.7 Å². The van der Waals surface area contributed by atoms with Crippen LogP contribution in [0.1, 0.15) is 42.3 Å². The van der Waals surface area contributed by atoms with E-state index < -0.39 is 23.5 Å². The first kappa shape index (κ1) is 22.3. The number of imidazole rings is 1. The normalized spacial score (nSPS) is 12.2. The summed E-state index contributed by atoms with van der Waals surface area (Å²) >= 11 is 0. The van der Waals surface area contributed by atoms with Gasteiger partial charge in [0.25, 0.3) is 5.91 Å². The molecule has 0 aliphatic rings. The summed E-state index contributed by atoms with van der Waals surface area (Å²) in [6.07, 6.45) is 1.05. The summed E-state index contributed by atoms with van der Waals surface area (Å²) in [4.78, 5) is 26.8. The largest absolute Gasteiger partial charge is 0.493 e. The molecule has 1 amide bonds. The Balaban J connectivity index is 1.76. The van der Waals surface area contributed by atoms with E-state index in [0.717, 1.165) is 15.7 Å². The number of aromatic nitrogens is 2. The van der Waals surface area contributed by atoms with Crippen molar-refractivity contribution < 1.29 is 19.5 Å². The molecule has 164 valence electrons. The summed E-state index contributed by atoms with van der Waals surface area (Å²) in [5, 5.41) is 19.5. The lowest BCUT2D eigenvalue weighted by molar-refractivity contribution is -0.134. The predicted octanol–water partition coefficient (Wildman–Crippen LogP) is 3.10. The Kier molecular flexibility index (Phi) is 6.91. The van der Waals surface area contributed by atoms with Crippen molar-refractivity contribution >= 4 is 5.91 Å². The highest BCUT2D eigenvalue weighted by Gasteiger charge is 2.29. The predicted molar refractivity (Wildman–Crippen MR) is 114 cm³/mol. The summed E-state index contributed by atoms with van der Waals surface area (Å²) < 4.78 is 15.5. The van der Waals surface area contributed by atoms with Crippen LogP contribution in [-0.2, 0) is 24.1 Å². The second-order valence-electron chi connectivity index (χ2n) is 7.86. The van der Waals surface area contributed by atoms with E-state index >= 15 is 0 Å². The van der Waals surface area contributed by atoms with Crippen LogP contribution in [-0.4, -0.2) is 25.8 Å². The highest BCUT2D eigenvalue weighted by molar-refractivity contribution is 5.79. The minimum absolute atomic E-state index is 0.175. The molecule has 0 spiro atoms. The molecule has 1 unspecified atom stereocenters. The lowest BCUT2D eigenvalue weighted by Crippen LogP contribution is -2.37. The average Bonchev–Trinajstić information content (AvgIpc) is 3.01. The molecule has 1 aromatic heterocycles. The molecule has 3 rings (SSSR count). The van der Waals surface area contributed by atoms with E-state index in [2.05, 4.69) is 4.98 Å². The van der Waals surface area contributed by atoms with E-state index in [9.17, 15) is 19.1 Å². The summed E-state index contributed by atoms with van der Waals surface area (Å²) in [6, 6.07) is 13.7. The molecule has 0 bridgehead atoms. The first-order valence-electron chi connectivity index (χ1n) is 10.1. The van der Waals surface area contributed by atoms with Crippen LogP contribution in [0.3, 0.4) is 0 Å². The Morgan fingerprint density at radius 1 is 1.13 bits per heavy atom. The summed E-state index contributed by atoms with van der Waals surface area (Å²) in [5.74, 6) is -1.92. The van der Waals surface area contributed by atoms with Crippen LogP contribution in [0, 0.1) is 11.7 Å². The SMILES string of the molecule is CC(C)C(C(=O)NO)n1c(O)c(CCc2ccc(Cc3ccccc3)cc2F)[nH]c1=O. The van der Waals surface area contributed by atoms with Crippen LogP contribution in [0.15, 0.2) is 53.3 Å². The third-order valence-corrected chi connectivity index (χ3v) is 5.28. The molecule has 0 aliphatic heterocycles. The zero-order valence-electron chi connectivity index (χ0n) is 17.4. The molecule has 0 radical (unpaired) electrons. The van der Waals surface area contributed by atoms with Crippen LogP contribution in [0.5, 0.6) is 5.88 Å². The minimum Gasteiger partial charge on any atom is -0.493 e. The van der Waals surface area contributed by atoms with Crippen LogP contribution < -0.4 is 11.2 Å². The van der Waals surface area contributed by atoms with Gasteiger partial charge in [-0.15, -0.1) is 0 Å². The lowest BCUT2D eigenvalue weighted by atomic mass is 10.0. The highest BCUT2D eigenvalue weighted by atomic mass is 19.1. The first-order chi connectivity index (χ1) is 14.8. The van der Waals surface area contributed by atoms with Gasteiger partial charge in [-0.05, 0) is 47.9 Å². The molecule has 2 aromatic carbocycles. The number of aryl methyl sites for hydroxylation is 2. The first-order valence-corrected chi connectivity index (χ1v) is 10.1. The second kappa shape index (κ2) is 9.61. The van der Waals surface area contributed by atoms with E-state index in [-0.39, 0.29) is 30.3 Å². The molecule has 1 heterocycles. The molecular formula is C23H26FN3O4. The van der Waals surface area contributed by atoms with Crippen LogP contribution in [0.4, 0.5) is 4.39 Å². The fourth-order valence-corrected chi connectivity index (χ4v) is 3.70. The Labute approximate surface area is 179 Å².